The van der Waals surface area contributed by atoms with Crippen molar-refractivity contribution >= 4 is 5.97 Å². The molecule has 0 bridgehead atoms. The molecule has 3 heteroatoms. The van der Waals surface area contributed by atoms with Gasteiger partial charge in [0.2, 0.25) is 0 Å². The van der Waals surface area contributed by atoms with Gasteiger partial charge in [-0.2, -0.15) is 0 Å². The second kappa shape index (κ2) is 7.70. The molecule has 17 heavy (non-hydrogen) atoms. The van der Waals surface area contributed by atoms with Crippen LogP contribution in [0, 0.1) is 0 Å². The van der Waals surface area contributed by atoms with E-state index in [9.17, 15) is 9.90 Å². The van der Waals surface area contributed by atoms with Gasteiger partial charge in [-0.25, -0.2) is 0 Å². The van der Waals surface area contributed by atoms with Gasteiger partial charge in [0.25, 0.3) is 0 Å². The quantitative estimate of drug-likeness (QED) is 0.673. The van der Waals surface area contributed by atoms with Crippen molar-refractivity contribution in [3.63, 3.8) is 0 Å². The molecule has 3 nitrogen and oxygen atoms in total. The second-order valence-electron chi connectivity index (χ2n) is 4.92. The van der Waals surface area contributed by atoms with Gasteiger partial charge in [0.1, 0.15) is 5.54 Å². The van der Waals surface area contributed by atoms with E-state index in [-0.39, 0.29) is 0 Å². The van der Waals surface area contributed by atoms with Crippen LogP contribution in [0.3, 0.4) is 0 Å². The van der Waals surface area contributed by atoms with Crippen LogP contribution in [0.5, 0.6) is 0 Å². The van der Waals surface area contributed by atoms with Crippen molar-refractivity contribution in [2.24, 2.45) is 0 Å². The van der Waals surface area contributed by atoms with Crippen LogP contribution in [0.25, 0.3) is 0 Å². The Kier molecular flexibility index (Phi) is 7.44. The van der Waals surface area contributed by atoms with Gasteiger partial charge in [0.05, 0.1) is 0 Å². The number of likely N-dealkylation sites (N-methyl/N-ethyl adjacent to an activating group) is 1. The highest BCUT2D eigenvalue weighted by Crippen LogP contribution is 2.30. The van der Waals surface area contributed by atoms with Gasteiger partial charge in [-0.1, -0.05) is 40.5 Å². The highest BCUT2D eigenvalue weighted by Gasteiger charge is 2.42. The average molecular weight is 243 g/mol. The fourth-order valence-corrected chi connectivity index (χ4v) is 2.86. The van der Waals surface area contributed by atoms with E-state index in [0.717, 1.165) is 38.5 Å². The molecule has 0 aliphatic rings. The van der Waals surface area contributed by atoms with E-state index in [1.165, 1.54) is 0 Å². The summed E-state index contributed by atoms with van der Waals surface area (Å²) < 4.78 is 0. The third-order valence-corrected chi connectivity index (χ3v) is 3.89. The Morgan fingerprint density at radius 3 is 1.76 bits per heavy atom. The number of carboxylic acids is 1. The van der Waals surface area contributed by atoms with Gasteiger partial charge in [0.15, 0.2) is 0 Å². The molecular formula is C14H29NO2. The molecular weight excluding hydrogens is 214 g/mol. The molecule has 0 saturated heterocycles. The Labute approximate surface area is 106 Å². The summed E-state index contributed by atoms with van der Waals surface area (Å²) in [6, 6.07) is 0.365. The smallest absolute Gasteiger partial charge is 0.324 e. The Bertz CT molecular complexity index is 218. The van der Waals surface area contributed by atoms with E-state index in [4.69, 9.17) is 0 Å². The summed E-state index contributed by atoms with van der Waals surface area (Å²) in [6.45, 7) is 8.40. The zero-order chi connectivity index (χ0) is 13.5. The van der Waals surface area contributed by atoms with Crippen LogP contribution in [-0.4, -0.2) is 34.6 Å². The van der Waals surface area contributed by atoms with E-state index >= 15 is 0 Å². The highest BCUT2D eigenvalue weighted by molar-refractivity contribution is 5.78. The average Bonchev–Trinajstić information content (AvgIpc) is 2.29. The lowest BCUT2D eigenvalue weighted by Gasteiger charge is -2.42. The molecule has 0 aromatic carbocycles. The fraction of sp³-hybridized carbons (Fsp3) is 0.929. The molecule has 0 amide bonds. The first-order valence-electron chi connectivity index (χ1n) is 6.96. The van der Waals surface area contributed by atoms with Crippen LogP contribution in [0.1, 0.15) is 66.2 Å². The van der Waals surface area contributed by atoms with Gasteiger partial charge >= 0.3 is 5.97 Å². The van der Waals surface area contributed by atoms with Crippen LogP contribution in [0.15, 0.2) is 0 Å². The predicted octanol–water partition coefficient (Wildman–Crippen LogP) is 3.53. The van der Waals surface area contributed by atoms with Crippen LogP contribution in [-0.2, 0) is 4.79 Å². The normalized spacial score (nSPS) is 12.4. The van der Waals surface area contributed by atoms with Crippen molar-refractivity contribution in [1.82, 2.24) is 4.90 Å². The maximum absolute atomic E-state index is 11.7. The summed E-state index contributed by atoms with van der Waals surface area (Å²) in [5.74, 6) is -0.657. The maximum atomic E-state index is 11.7. The first-order valence-corrected chi connectivity index (χ1v) is 6.96. The van der Waals surface area contributed by atoms with E-state index in [2.05, 4.69) is 32.6 Å². The van der Waals surface area contributed by atoms with E-state index in [0.29, 0.717) is 6.04 Å². The number of hydrogen-bond acceptors (Lipinski definition) is 2. The molecule has 0 aliphatic heterocycles. The number of carbonyl (C=O) groups is 1. The third kappa shape index (κ3) is 3.70. The Hall–Kier alpha value is -0.570. The molecule has 0 aromatic heterocycles. The number of carboxylic acid groups (broad SMARTS) is 1. The van der Waals surface area contributed by atoms with Crippen LogP contribution < -0.4 is 0 Å². The molecule has 0 saturated carbocycles. The summed E-state index contributed by atoms with van der Waals surface area (Å²) in [5, 5.41) is 9.65. The lowest BCUT2D eigenvalue weighted by Crippen LogP contribution is -2.56. The molecule has 0 atom stereocenters. The van der Waals surface area contributed by atoms with Crippen molar-refractivity contribution in [3.8, 4) is 0 Å². The largest absolute Gasteiger partial charge is 0.480 e. The van der Waals surface area contributed by atoms with Crippen LogP contribution >= 0.6 is 0 Å². The fourth-order valence-electron chi connectivity index (χ4n) is 2.86. The molecule has 0 aliphatic carbocycles. The second-order valence-corrected chi connectivity index (χ2v) is 4.92. The summed E-state index contributed by atoms with van der Waals surface area (Å²) in [4.78, 5) is 13.9. The number of rotatable bonds is 9. The van der Waals surface area contributed by atoms with Crippen molar-refractivity contribution in [1.29, 1.82) is 0 Å². The molecule has 0 heterocycles. The molecule has 102 valence electrons. The summed E-state index contributed by atoms with van der Waals surface area (Å²) in [7, 11) is 1.98. The molecule has 0 fully saturated rings. The SMILES string of the molecule is CCCC(CCC)(C(=O)O)N(C)C(CC)CC. The molecule has 1 N–H and O–H groups in total. The minimum atomic E-state index is -0.666. The van der Waals surface area contributed by atoms with E-state index < -0.39 is 11.5 Å². The minimum Gasteiger partial charge on any atom is -0.480 e. The molecule has 0 radical (unpaired) electrons. The predicted molar refractivity (Wildman–Crippen MR) is 72.3 cm³/mol. The van der Waals surface area contributed by atoms with Gasteiger partial charge in [0, 0.05) is 6.04 Å². The number of hydrogen-bond donors (Lipinski definition) is 1. The minimum absolute atomic E-state index is 0.365. The van der Waals surface area contributed by atoms with Gasteiger partial charge in [-0.05, 0) is 32.7 Å². The highest BCUT2D eigenvalue weighted by atomic mass is 16.4. The molecule has 0 rings (SSSR count). The van der Waals surface area contributed by atoms with Crippen molar-refractivity contribution < 1.29 is 9.90 Å². The molecule has 0 unspecified atom stereocenters. The first-order chi connectivity index (χ1) is 7.99. The molecule has 0 spiro atoms. The van der Waals surface area contributed by atoms with E-state index in [1.54, 1.807) is 0 Å². The first kappa shape index (κ1) is 16.4. The Morgan fingerprint density at radius 2 is 1.53 bits per heavy atom. The van der Waals surface area contributed by atoms with Crippen LogP contribution in [0.2, 0.25) is 0 Å². The zero-order valence-electron chi connectivity index (χ0n) is 12.1. The van der Waals surface area contributed by atoms with Crippen LogP contribution in [0.4, 0.5) is 0 Å². The zero-order valence-corrected chi connectivity index (χ0v) is 12.1. The summed E-state index contributed by atoms with van der Waals surface area (Å²) in [6.07, 6.45) is 5.32. The molecule has 0 aromatic rings. The lowest BCUT2D eigenvalue weighted by molar-refractivity contribution is -0.154. The number of aliphatic carboxylic acids is 1. The topological polar surface area (TPSA) is 40.5 Å². The van der Waals surface area contributed by atoms with Crippen molar-refractivity contribution in [2.45, 2.75) is 77.8 Å². The van der Waals surface area contributed by atoms with E-state index in [1.807, 2.05) is 7.05 Å². The van der Waals surface area contributed by atoms with Crippen molar-refractivity contribution in [2.75, 3.05) is 7.05 Å². The monoisotopic (exact) mass is 243 g/mol. The standard InChI is InChI=1S/C14H29NO2/c1-6-10-14(11-7-2,13(16)17)15(5)12(8-3)9-4/h12H,6-11H2,1-5H3,(H,16,17). The van der Waals surface area contributed by atoms with Gasteiger partial charge < -0.3 is 5.11 Å². The summed E-state index contributed by atoms with van der Waals surface area (Å²) >= 11 is 0. The Morgan fingerprint density at radius 1 is 1.12 bits per heavy atom. The lowest BCUT2D eigenvalue weighted by atomic mass is 9.85. The summed E-state index contributed by atoms with van der Waals surface area (Å²) in [5.41, 5.74) is -0.666. The third-order valence-electron chi connectivity index (χ3n) is 3.89. The van der Waals surface area contributed by atoms with Gasteiger partial charge in [-0.3, -0.25) is 9.69 Å². The maximum Gasteiger partial charge on any atom is 0.324 e. The number of nitrogens with zero attached hydrogens (tertiary/aromatic N) is 1. The Balaban J connectivity index is 5.16. The van der Waals surface area contributed by atoms with Gasteiger partial charge in [-0.15, -0.1) is 0 Å². The van der Waals surface area contributed by atoms with Crippen molar-refractivity contribution in [3.05, 3.63) is 0 Å².